The summed E-state index contributed by atoms with van der Waals surface area (Å²) in [5.41, 5.74) is 6.28. The van der Waals surface area contributed by atoms with Gasteiger partial charge in [-0.25, -0.2) is 23.4 Å². The number of piperidine rings is 1. The molecule has 0 radical (unpaired) electrons. The number of anilines is 14. The Bertz CT molecular complexity index is 5150. The second-order valence-electron chi connectivity index (χ2n) is 29.1. The number of aromatic nitrogens is 6. The lowest BCUT2D eigenvalue weighted by atomic mass is 10.0. The molecule has 7 heterocycles. The summed E-state index contributed by atoms with van der Waals surface area (Å²) in [4.78, 5) is 51.1. The Morgan fingerprint density at radius 3 is 1.54 bits per heavy atom. The van der Waals surface area contributed by atoms with Crippen LogP contribution in [0.15, 0.2) is 145 Å². The number of hydrogen-bond acceptors (Lipinski definition) is 27. The highest BCUT2D eigenvalue weighted by Gasteiger charge is 2.33. The summed E-state index contributed by atoms with van der Waals surface area (Å²) in [5, 5.41) is 21.6. The van der Waals surface area contributed by atoms with E-state index in [1.165, 1.54) is 45.2 Å². The third-order valence-corrected chi connectivity index (χ3v) is 29.5. The van der Waals surface area contributed by atoms with Crippen molar-refractivity contribution < 1.29 is 45.9 Å². The standard InChI is InChI=1S/C29H39ClN7O2P.C26H33ClN5O4PS.C25H29ClN5O4P/c1-35-13-11-21(12-14-35)36-15-17-37(18-16-36)22-9-10-24(26(19-22)39-2)33-29-31-20-23(30)28(34-29)32-25-7-5-6-8-27(25)40(3,4)38;1-5-32-12-14-37(33,15-13-32)19-10-11-21(23(16-19)36-4)30-26-28-17-20(27)25(31-26)29-22-8-6-7-9-24(22)38(34,35)18(2)3;1-16(32)19-13-17(31-9-11-35-12-10-31)5-7-21(19)28-24-20(26)15-27-25(30-24)29-22-8-6-18(36(3,4)33)14-23(22)34-2/h5-10,19-21H,11-18H2,1-4H3,(H2,31,32,33,34);6-11,16-18H,5,12-15H2,1-4H3,(H2,28,29,30,31);5-8,13-15H,9-12H2,1-4H3,(H2,27,28,29,30). The lowest BCUT2D eigenvalue weighted by Gasteiger charge is -2.43. The van der Waals surface area contributed by atoms with Gasteiger partial charge in [-0.1, -0.05) is 66.0 Å². The molecule has 0 spiro atoms. The van der Waals surface area contributed by atoms with Gasteiger partial charge in [0.05, 0.1) is 97.4 Å². The molecule has 34 heteroatoms. The third-order valence-electron chi connectivity index (χ3n) is 20.3. The zero-order chi connectivity index (χ0) is 81.7. The van der Waals surface area contributed by atoms with Gasteiger partial charge >= 0.3 is 0 Å². The molecule has 0 bridgehead atoms. The van der Waals surface area contributed by atoms with Crippen LogP contribution in [0.2, 0.25) is 15.1 Å². The number of hydrogen-bond donors (Lipinski definition) is 6. The minimum atomic E-state index is -3.54. The van der Waals surface area contributed by atoms with E-state index >= 15 is 0 Å². The number of nitrogens with one attached hydrogen (secondary N) is 6. The Hall–Kier alpha value is -8.62. The highest BCUT2D eigenvalue weighted by molar-refractivity contribution is 7.92. The zero-order valence-corrected chi connectivity index (χ0v) is 72.1. The molecule has 0 amide bonds. The molecule has 4 aliphatic heterocycles. The fraction of sp³-hybridized carbons (Fsp3) is 0.388. The fourth-order valence-electron chi connectivity index (χ4n) is 13.6. The topological polar surface area (TPSA) is 305 Å². The number of carbonyl (C=O) groups is 1. The van der Waals surface area contributed by atoms with Crippen LogP contribution in [-0.4, -0.2) is 223 Å². The molecule has 0 unspecified atom stereocenters. The van der Waals surface area contributed by atoms with E-state index in [1.54, 1.807) is 110 Å². The molecule has 27 nitrogen and oxygen atoms in total. The summed E-state index contributed by atoms with van der Waals surface area (Å²) in [6.45, 7) is 25.8. The number of morpholine rings is 1. The van der Waals surface area contributed by atoms with Gasteiger partial charge in [-0.05, 0) is 178 Å². The van der Waals surface area contributed by atoms with Crippen molar-refractivity contribution in [3.05, 3.63) is 161 Å². The van der Waals surface area contributed by atoms with Gasteiger partial charge in [-0.15, -0.1) is 0 Å². The van der Waals surface area contributed by atoms with Crippen molar-refractivity contribution in [2.24, 2.45) is 0 Å². The number of ether oxygens (including phenoxy) is 4. The number of sulfone groups is 1. The van der Waals surface area contributed by atoms with Crippen molar-refractivity contribution in [2.75, 3.05) is 194 Å². The van der Waals surface area contributed by atoms with Gasteiger partial charge in [0.15, 0.2) is 33.1 Å². The number of Topliss-reactive ketones (excluding diaryl/α,β-unsaturated/α-hetero) is 1. The van der Waals surface area contributed by atoms with E-state index in [0.29, 0.717) is 116 Å². The molecule has 0 aliphatic carbocycles. The highest BCUT2D eigenvalue weighted by atomic mass is 35.5. The first kappa shape index (κ1) is 86.2. The van der Waals surface area contributed by atoms with Crippen LogP contribution in [0.1, 0.15) is 50.9 Å². The molecule has 608 valence electrons. The van der Waals surface area contributed by atoms with Crippen LogP contribution < -0.4 is 71.8 Å². The van der Waals surface area contributed by atoms with E-state index in [2.05, 4.69) is 112 Å². The number of nitrogens with zero attached hydrogens (tertiary/aromatic N) is 11. The molecule has 6 N–H and O–H groups in total. The normalized spacial score (nSPS) is 15.8. The maximum atomic E-state index is 13.6. The zero-order valence-electron chi connectivity index (χ0n) is 66.3. The Labute approximate surface area is 683 Å². The number of halogens is 3. The second-order valence-corrected chi connectivity index (χ2v) is 42.4. The van der Waals surface area contributed by atoms with E-state index in [-0.39, 0.29) is 33.4 Å². The van der Waals surface area contributed by atoms with Crippen LogP contribution in [-0.2, 0) is 28.3 Å². The minimum Gasteiger partial charge on any atom is -0.495 e. The Kier molecular flexibility index (Phi) is 29.1. The molecule has 9 aromatic rings. The van der Waals surface area contributed by atoms with E-state index in [0.717, 1.165) is 86.6 Å². The summed E-state index contributed by atoms with van der Waals surface area (Å²) >= 11 is 19.2. The molecule has 0 saturated carbocycles. The summed E-state index contributed by atoms with van der Waals surface area (Å²) in [6.07, 6.45) is 8.28. The summed E-state index contributed by atoms with van der Waals surface area (Å²) < 4.78 is 86.8. The Balaban J connectivity index is 0.000000169. The molecule has 3 aromatic heterocycles. The second kappa shape index (κ2) is 38.4. The summed E-state index contributed by atoms with van der Waals surface area (Å²) in [5.74, 6) is 3.58. The van der Waals surface area contributed by atoms with Crippen LogP contribution >= 0.6 is 56.2 Å². The molecule has 13 rings (SSSR count). The van der Waals surface area contributed by atoms with Crippen molar-refractivity contribution in [2.45, 2.75) is 56.7 Å². The monoisotopic (exact) mass is 1690 g/mol. The van der Waals surface area contributed by atoms with Gasteiger partial charge in [-0.2, -0.15) is 15.0 Å². The Morgan fingerprint density at radius 1 is 0.561 bits per heavy atom. The van der Waals surface area contributed by atoms with Gasteiger partial charge in [0, 0.05) is 110 Å². The first-order valence-electron chi connectivity index (χ1n) is 37.7. The van der Waals surface area contributed by atoms with Crippen LogP contribution in [0.4, 0.5) is 80.8 Å². The smallest absolute Gasteiger partial charge is 0.229 e. The van der Waals surface area contributed by atoms with E-state index in [4.69, 9.17) is 53.8 Å². The maximum absolute atomic E-state index is 13.6. The summed E-state index contributed by atoms with van der Waals surface area (Å²) in [7, 11) is -4.00. The molecular weight excluding hydrogens is 1590 g/mol. The molecule has 4 saturated heterocycles. The average Bonchev–Trinajstić information content (AvgIpc) is 0.788. The predicted octanol–water partition coefficient (Wildman–Crippen LogP) is 15.1. The van der Waals surface area contributed by atoms with Crippen molar-refractivity contribution in [1.29, 1.82) is 0 Å². The maximum Gasteiger partial charge on any atom is 0.229 e. The van der Waals surface area contributed by atoms with Crippen LogP contribution in [0.25, 0.3) is 0 Å². The molecule has 6 aromatic carbocycles. The lowest BCUT2D eigenvalue weighted by Crippen LogP contribution is -2.53. The van der Waals surface area contributed by atoms with Gasteiger partial charge in [-0.3, -0.25) is 9.69 Å². The molecule has 114 heavy (non-hydrogen) atoms. The number of para-hydroxylation sites is 2. The first-order valence-corrected chi connectivity index (χ1v) is 47.6. The number of rotatable bonds is 25. The number of benzene rings is 6. The lowest BCUT2D eigenvalue weighted by molar-refractivity contribution is 0.101. The van der Waals surface area contributed by atoms with E-state index < -0.39 is 36.5 Å². The fourth-order valence-corrected chi connectivity index (χ4v) is 19.9. The van der Waals surface area contributed by atoms with Crippen LogP contribution in [0, 0.1) is 0 Å². The van der Waals surface area contributed by atoms with Gasteiger partial charge in [0.25, 0.3) is 0 Å². The largest absolute Gasteiger partial charge is 0.495 e. The molecule has 4 fully saturated rings. The van der Waals surface area contributed by atoms with Crippen molar-refractivity contribution >= 4 is 169 Å². The number of carbonyl (C=O) groups excluding carboxylic acids is 1. The van der Waals surface area contributed by atoms with Crippen LogP contribution in [0.5, 0.6) is 17.2 Å². The number of methoxy groups -OCH3 is 3. The molecular formula is C80H101Cl3N17O10P3S. The Morgan fingerprint density at radius 2 is 1.03 bits per heavy atom. The quantitative estimate of drug-likeness (QED) is 0.0229. The molecule has 4 aliphatic rings. The van der Waals surface area contributed by atoms with Gasteiger partial charge in [0.2, 0.25) is 17.8 Å². The number of piperazine rings is 1. The molecule has 0 atom stereocenters. The van der Waals surface area contributed by atoms with Gasteiger partial charge < -0.3 is 84.1 Å². The van der Waals surface area contributed by atoms with Crippen molar-refractivity contribution in [1.82, 2.24) is 44.6 Å². The van der Waals surface area contributed by atoms with Crippen molar-refractivity contribution in [3.8, 4) is 17.2 Å². The van der Waals surface area contributed by atoms with Crippen LogP contribution in [0.3, 0.4) is 0 Å². The highest BCUT2D eigenvalue weighted by Crippen LogP contribution is 2.48. The predicted molar refractivity (Wildman–Crippen MR) is 466 cm³/mol. The number of ketones is 1. The average molecular weight is 1690 g/mol. The SMILES string of the molecule is CCN1CCP(=O)(c2ccc(Nc3ncc(Cl)c(Nc4ccccc4S(=O)(=O)C(C)C)n3)c(OC)c2)CC1.COc1cc(N2CCN(C3CCN(C)CC3)CC2)ccc1Nc1ncc(Cl)c(Nc2ccccc2P(C)(C)=O)n1.COc1cc(P(C)(C)=O)ccc1Nc1ncc(Cl)c(Nc2ccc(N3CCOCC3)cc2C(C)=O)n1. The van der Waals surface area contributed by atoms with E-state index in [9.17, 15) is 26.9 Å². The van der Waals surface area contributed by atoms with Crippen molar-refractivity contribution in [3.63, 3.8) is 0 Å². The third kappa shape index (κ3) is 21.9. The first-order chi connectivity index (χ1) is 54.4. The van der Waals surface area contributed by atoms with Gasteiger partial charge in [0.1, 0.15) is 53.7 Å². The van der Waals surface area contributed by atoms with E-state index in [1.807, 2.05) is 66.7 Å². The minimum absolute atomic E-state index is 0.0786. The number of likely N-dealkylation sites (tertiary alicyclic amines) is 1. The summed E-state index contributed by atoms with van der Waals surface area (Å²) in [6, 6.07) is 37.5.